The molecular formula is C33H31Cl2N3O5S2. The molecule has 8 nitrogen and oxygen atoms in total. The van der Waals surface area contributed by atoms with Crippen molar-refractivity contribution in [3.05, 3.63) is 99.0 Å². The highest BCUT2D eigenvalue weighted by Gasteiger charge is 2.48. The predicted octanol–water partition coefficient (Wildman–Crippen LogP) is 8.73. The molecule has 5 rings (SSSR count). The normalized spacial score (nSPS) is 15.9. The Bertz CT molecular complexity index is 1690. The van der Waals surface area contributed by atoms with E-state index in [0.29, 0.717) is 56.0 Å². The molecule has 1 aliphatic rings. The van der Waals surface area contributed by atoms with Crippen LogP contribution >= 0.6 is 46.3 Å². The zero-order valence-electron chi connectivity index (χ0n) is 24.7. The summed E-state index contributed by atoms with van der Waals surface area (Å²) in [5, 5.41) is 21.4. The number of amides is 1. The number of carbonyl (C=O) groups is 2. The van der Waals surface area contributed by atoms with Crippen LogP contribution in [0.2, 0.25) is 10.0 Å². The Kier molecular flexibility index (Phi) is 11.0. The van der Waals surface area contributed by atoms with E-state index < -0.39 is 17.7 Å². The number of ketones is 1. The topological polar surface area (TPSA) is 102 Å². The smallest absolute Gasteiger partial charge is 0.301 e. The van der Waals surface area contributed by atoms with E-state index in [0.717, 1.165) is 24.8 Å². The van der Waals surface area contributed by atoms with Crippen molar-refractivity contribution in [2.24, 2.45) is 0 Å². The van der Waals surface area contributed by atoms with Gasteiger partial charge >= 0.3 is 5.91 Å². The predicted molar refractivity (Wildman–Crippen MR) is 180 cm³/mol. The summed E-state index contributed by atoms with van der Waals surface area (Å²) in [6, 6.07) is 18.3. The number of Topliss-reactive ketones (excluding diaryl/α,β-unsaturated/α-hetero) is 1. The Morgan fingerprint density at radius 1 is 0.933 bits per heavy atom. The van der Waals surface area contributed by atoms with Gasteiger partial charge in [-0.05, 0) is 72.5 Å². The lowest BCUT2D eigenvalue weighted by molar-refractivity contribution is -0.132. The number of aliphatic hydroxyl groups excluding tert-OH is 1. The van der Waals surface area contributed by atoms with Gasteiger partial charge in [0.1, 0.15) is 17.3 Å². The molecule has 4 aromatic rings. The summed E-state index contributed by atoms with van der Waals surface area (Å²) in [6.07, 6.45) is 2.79. The first-order valence-electron chi connectivity index (χ1n) is 14.5. The number of hydrogen-bond acceptors (Lipinski definition) is 9. The van der Waals surface area contributed by atoms with Gasteiger partial charge in [-0.2, -0.15) is 0 Å². The molecule has 1 aromatic heterocycles. The van der Waals surface area contributed by atoms with E-state index >= 15 is 0 Å². The first-order chi connectivity index (χ1) is 21.8. The van der Waals surface area contributed by atoms with Crippen LogP contribution in [0.15, 0.2) is 76.6 Å². The van der Waals surface area contributed by atoms with E-state index in [4.69, 9.17) is 32.7 Å². The minimum absolute atomic E-state index is 0.0424. The molecule has 1 fully saturated rings. The van der Waals surface area contributed by atoms with Gasteiger partial charge < -0.3 is 14.6 Å². The summed E-state index contributed by atoms with van der Waals surface area (Å²) in [4.78, 5) is 28.5. The van der Waals surface area contributed by atoms with Crippen LogP contribution in [0.5, 0.6) is 11.5 Å². The van der Waals surface area contributed by atoms with Crippen molar-refractivity contribution in [2.75, 3.05) is 18.1 Å². The molecular weight excluding hydrogens is 653 g/mol. The van der Waals surface area contributed by atoms with Gasteiger partial charge in [-0.15, -0.1) is 10.2 Å². The standard InChI is InChI=1S/C33H31Cl2N3O5S2/c1-3-5-17-43-25-12-7-20(8-13-25)28-27(29(39)21-9-14-24(15-10-21)42-16-4-2)30(40)31(41)38(28)32-36-37-33(45-32)44-19-22-6-11-23(34)18-26(22)35/h6-15,18,28,39H,3-5,16-17,19H2,1-2H3/b29-27-. The average Bonchev–Trinajstić information content (AvgIpc) is 3.61. The molecule has 234 valence electrons. The van der Waals surface area contributed by atoms with Gasteiger partial charge in [-0.3, -0.25) is 14.5 Å². The number of benzene rings is 3. The maximum atomic E-state index is 13.6. The zero-order valence-corrected chi connectivity index (χ0v) is 27.8. The lowest BCUT2D eigenvalue weighted by Crippen LogP contribution is -2.29. The average molecular weight is 685 g/mol. The van der Waals surface area contributed by atoms with Gasteiger partial charge in [-0.1, -0.05) is 84.8 Å². The van der Waals surface area contributed by atoms with Crippen molar-refractivity contribution in [3.63, 3.8) is 0 Å². The molecule has 0 radical (unpaired) electrons. The summed E-state index contributed by atoms with van der Waals surface area (Å²) in [5.41, 5.74) is 1.82. The van der Waals surface area contributed by atoms with E-state index in [1.807, 2.05) is 13.0 Å². The van der Waals surface area contributed by atoms with Crippen molar-refractivity contribution in [1.29, 1.82) is 0 Å². The summed E-state index contributed by atoms with van der Waals surface area (Å²) >= 11 is 14.9. The number of unbranched alkanes of at least 4 members (excludes halogenated alkanes) is 1. The number of nitrogens with zero attached hydrogens (tertiary/aromatic N) is 3. The monoisotopic (exact) mass is 683 g/mol. The van der Waals surface area contributed by atoms with E-state index in [9.17, 15) is 14.7 Å². The van der Waals surface area contributed by atoms with Crippen LogP contribution in [-0.4, -0.2) is 40.2 Å². The van der Waals surface area contributed by atoms with Crippen LogP contribution in [0.1, 0.15) is 55.8 Å². The Morgan fingerprint density at radius 2 is 1.62 bits per heavy atom. The molecule has 1 saturated heterocycles. The molecule has 3 aromatic carbocycles. The Hall–Kier alpha value is -3.57. The number of aromatic nitrogens is 2. The van der Waals surface area contributed by atoms with Crippen LogP contribution in [0.25, 0.3) is 5.76 Å². The quantitative estimate of drug-likeness (QED) is 0.0373. The van der Waals surface area contributed by atoms with Crippen LogP contribution < -0.4 is 14.4 Å². The van der Waals surface area contributed by atoms with Crippen molar-refractivity contribution >= 4 is 68.9 Å². The van der Waals surface area contributed by atoms with Gasteiger partial charge in [0.2, 0.25) is 5.13 Å². The number of anilines is 1. The SMILES string of the molecule is CCCCOc1ccc(C2/C(=C(/O)c3ccc(OCCC)cc3)C(=O)C(=O)N2c2nnc(SCc3ccc(Cl)cc3Cl)s2)cc1. The second-order valence-corrected chi connectivity index (χ2v) is 13.2. The third-order valence-electron chi connectivity index (χ3n) is 6.98. The molecule has 0 aliphatic carbocycles. The third kappa shape index (κ3) is 7.64. The number of aliphatic hydroxyl groups is 1. The Morgan fingerprint density at radius 3 is 2.29 bits per heavy atom. The summed E-state index contributed by atoms with van der Waals surface area (Å²) in [6.45, 7) is 5.24. The first kappa shape index (κ1) is 32.8. The molecule has 1 atom stereocenters. The summed E-state index contributed by atoms with van der Waals surface area (Å²) in [5.74, 6) is -0.0944. The molecule has 2 heterocycles. The lowest BCUT2D eigenvalue weighted by atomic mass is 9.95. The molecule has 1 N–H and O–H groups in total. The molecule has 0 bridgehead atoms. The number of carbonyl (C=O) groups excluding carboxylic acids is 2. The van der Waals surface area contributed by atoms with E-state index in [-0.39, 0.29) is 16.5 Å². The van der Waals surface area contributed by atoms with E-state index in [1.165, 1.54) is 28.0 Å². The first-order valence-corrected chi connectivity index (χ1v) is 17.0. The van der Waals surface area contributed by atoms with Gasteiger partial charge in [-0.25, -0.2) is 0 Å². The van der Waals surface area contributed by atoms with Crippen LogP contribution in [0.3, 0.4) is 0 Å². The number of thioether (sulfide) groups is 1. The third-order valence-corrected chi connectivity index (χ3v) is 9.67. The van der Waals surface area contributed by atoms with Crippen molar-refractivity contribution in [2.45, 2.75) is 49.2 Å². The van der Waals surface area contributed by atoms with Crippen LogP contribution in [0, 0.1) is 0 Å². The van der Waals surface area contributed by atoms with Gasteiger partial charge in [0.15, 0.2) is 4.34 Å². The minimum atomic E-state index is -0.942. The molecule has 1 aliphatic heterocycles. The highest BCUT2D eigenvalue weighted by Crippen LogP contribution is 2.44. The van der Waals surface area contributed by atoms with Crippen LogP contribution in [0.4, 0.5) is 5.13 Å². The molecule has 0 saturated carbocycles. The van der Waals surface area contributed by atoms with E-state index in [1.54, 1.807) is 60.7 Å². The fourth-order valence-electron chi connectivity index (χ4n) is 4.65. The lowest BCUT2D eigenvalue weighted by Gasteiger charge is -2.22. The van der Waals surface area contributed by atoms with Gasteiger partial charge in [0, 0.05) is 21.4 Å². The van der Waals surface area contributed by atoms with Crippen molar-refractivity contribution in [1.82, 2.24) is 10.2 Å². The molecule has 0 spiro atoms. The van der Waals surface area contributed by atoms with Crippen molar-refractivity contribution in [3.8, 4) is 11.5 Å². The maximum absolute atomic E-state index is 13.6. The van der Waals surface area contributed by atoms with E-state index in [2.05, 4.69) is 17.1 Å². The molecule has 1 unspecified atom stereocenters. The molecule has 12 heteroatoms. The highest BCUT2D eigenvalue weighted by molar-refractivity contribution is 8.00. The fourth-order valence-corrected chi connectivity index (χ4v) is 7.07. The molecule has 1 amide bonds. The minimum Gasteiger partial charge on any atom is -0.507 e. The largest absolute Gasteiger partial charge is 0.507 e. The second kappa shape index (κ2) is 15.1. The summed E-state index contributed by atoms with van der Waals surface area (Å²) < 4.78 is 12.1. The van der Waals surface area contributed by atoms with Gasteiger partial charge in [0.25, 0.3) is 5.78 Å². The number of hydrogen-bond donors (Lipinski definition) is 1. The Balaban J connectivity index is 1.49. The highest BCUT2D eigenvalue weighted by atomic mass is 35.5. The Labute approximate surface area is 280 Å². The second-order valence-electron chi connectivity index (χ2n) is 10.2. The number of ether oxygens (including phenoxy) is 2. The van der Waals surface area contributed by atoms with Crippen LogP contribution in [-0.2, 0) is 15.3 Å². The molecule has 45 heavy (non-hydrogen) atoms. The zero-order chi connectivity index (χ0) is 31.9. The number of rotatable bonds is 13. The van der Waals surface area contributed by atoms with Crippen molar-refractivity contribution < 1.29 is 24.2 Å². The summed E-state index contributed by atoms with van der Waals surface area (Å²) in [7, 11) is 0. The maximum Gasteiger partial charge on any atom is 0.301 e. The van der Waals surface area contributed by atoms with Gasteiger partial charge in [0.05, 0.1) is 24.8 Å². The number of halogens is 2. The fraction of sp³-hybridized carbons (Fsp3) is 0.273.